The molecular formula is C12H25N3O. The smallest absolute Gasteiger partial charge is 0.0700 e. The molecule has 4 heteroatoms. The van der Waals surface area contributed by atoms with Crippen molar-refractivity contribution >= 4 is 0 Å². The van der Waals surface area contributed by atoms with E-state index in [2.05, 4.69) is 22.2 Å². The second-order valence-electron chi connectivity index (χ2n) is 4.98. The van der Waals surface area contributed by atoms with Gasteiger partial charge in [0.2, 0.25) is 0 Å². The quantitative estimate of drug-likeness (QED) is 0.669. The van der Waals surface area contributed by atoms with E-state index in [4.69, 9.17) is 4.74 Å². The summed E-state index contributed by atoms with van der Waals surface area (Å²) in [6, 6.07) is 0. The summed E-state index contributed by atoms with van der Waals surface area (Å²) in [6.45, 7) is 9.15. The summed E-state index contributed by atoms with van der Waals surface area (Å²) in [7, 11) is 2.20. The Kier molecular flexibility index (Phi) is 5.03. The van der Waals surface area contributed by atoms with Gasteiger partial charge >= 0.3 is 0 Å². The van der Waals surface area contributed by atoms with Crippen LogP contribution in [0.1, 0.15) is 12.8 Å². The molecule has 1 atom stereocenters. The summed E-state index contributed by atoms with van der Waals surface area (Å²) in [5, 5.41) is 3.51. The Hall–Kier alpha value is -0.160. The first-order valence-electron chi connectivity index (χ1n) is 6.58. The lowest BCUT2D eigenvalue weighted by atomic mass is 10.2. The van der Waals surface area contributed by atoms with E-state index in [0.29, 0.717) is 6.10 Å². The molecule has 1 N–H and O–H groups in total. The molecular weight excluding hydrogens is 202 g/mol. The molecule has 2 saturated heterocycles. The number of hydrogen-bond donors (Lipinski definition) is 1. The van der Waals surface area contributed by atoms with Crippen molar-refractivity contribution < 1.29 is 4.74 Å². The molecule has 0 saturated carbocycles. The first kappa shape index (κ1) is 12.3. The maximum atomic E-state index is 5.58. The second-order valence-corrected chi connectivity index (χ2v) is 4.98. The van der Waals surface area contributed by atoms with Crippen LogP contribution in [0.15, 0.2) is 0 Å². The molecule has 2 aliphatic heterocycles. The zero-order valence-corrected chi connectivity index (χ0v) is 10.5. The molecule has 2 heterocycles. The first-order valence-corrected chi connectivity index (χ1v) is 6.58. The van der Waals surface area contributed by atoms with Crippen LogP contribution >= 0.6 is 0 Å². The van der Waals surface area contributed by atoms with Crippen molar-refractivity contribution in [3.05, 3.63) is 0 Å². The number of piperazine rings is 1. The van der Waals surface area contributed by atoms with Crippen LogP contribution < -0.4 is 5.32 Å². The fraction of sp³-hybridized carbons (Fsp3) is 1.00. The topological polar surface area (TPSA) is 27.7 Å². The number of ether oxygens (including phenoxy) is 1. The van der Waals surface area contributed by atoms with Crippen molar-refractivity contribution in [3.63, 3.8) is 0 Å². The van der Waals surface area contributed by atoms with Gasteiger partial charge in [0, 0.05) is 52.4 Å². The van der Waals surface area contributed by atoms with Gasteiger partial charge in [-0.25, -0.2) is 0 Å². The zero-order valence-electron chi connectivity index (χ0n) is 10.5. The Morgan fingerprint density at radius 3 is 2.75 bits per heavy atom. The predicted octanol–water partition coefficient (Wildman–Crippen LogP) is 0.00240. The van der Waals surface area contributed by atoms with Crippen molar-refractivity contribution in [2.45, 2.75) is 18.9 Å². The molecule has 0 bridgehead atoms. The van der Waals surface area contributed by atoms with Gasteiger partial charge in [-0.2, -0.15) is 0 Å². The normalized spacial score (nSPS) is 28.7. The van der Waals surface area contributed by atoms with Crippen molar-refractivity contribution in [1.82, 2.24) is 15.1 Å². The van der Waals surface area contributed by atoms with Crippen LogP contribution in [0.3, 0.4) is 0 Å². The highest BCUT2D eigenvalue weighted by atomic mass is 16.5. The van der Waals surface area contributed by atoms with Gasteiger partial charge in [-0.1, -0.05) is 0 Å². The number of hydrogen-bond acceptors (Lipinski definition) is 4. The van der Waals surface area contributed by atoms with E-state index in [-0.39, 0.29) is 0 Å². The molecule has 16 heavy (non-hydrogen) atoms. The van der Waals surface area contributed by atoms with Crippen LogP contribution in [-0.4, -0.2) is 75.4 Å². The SMILES string of the molecule is CN1CCN(CCNCC2CCCO2)CC1. The minimum Gasteiger partial charge on any atom is -0.377 e. The fourth-order valence-electron chi connectivity index (χ4n) is 2.38. The highest BCUT2D eigenvalue weighted by Gasteiger charge is 2.15. The number of likely N-dealkylation sites (N-methyl/N-ethyl adjacent to an activating group) is 1. The molecule has 0 radical (unpaired) electrons. The molecule has 4 nitrogen and oxygen atoms in total. The molecule has 2 rings (SSSR count). The Labute approximate surface area is 98.9 Å². The van der Waals surface area contributed by atoms with Crippen LogP contribution in [0.2, 0.25) is 0 Å². The molecule has 2 aliphatic rings. The molecule has 0 aromatic rings. The van der Waals surface area contributed by atoms with Crippen molar-refractivity contribution in [2.24, 2.45) is 0 Å². The van der Waals surface area contributed by atoms with Crippen LogP contribution in [0.5, 0.6) is 0 Å². The van der Waals surface area contributed by atoms with Gasteiger partial charge in [0.15, 0.2) is 0 Å². The van der Waals surface area contributed by atoms with Crippen LogP contribution in [0.25, 0.3) is 0 Å². The van der Waals surface area contributed by atoms with E-state index in [0.717, 1.165) is 19.7 Å². The Balaban J connectivity index is 1.48. The van der Waals surface area contributed by atoms with Gasteiger partial charge in [-0.15, -0.1) is 0 Å². The van der Waals surface area contributed by atoms with E-state index in [9.17, 15) is 0 Å². The largest absolute Gasteiger partial charge is 0.377 e. The highest BCUT2D eigenvalue weighted by molar-refractivity contribution is 4.71. The third-order valence-corrected chi connectivity index (χ3v) is 3.60. The maximum Gasteiger partial charge on any atom is 0.0700 e. The Bertz CT molecular complexity index is 187. The summed E-state index contributed by atoms with van der Waals surface area (Å²) >= 11 is 0. The minimum absolute atomic E-state index is 0.479. The maximum absolute atomic E-state index is 5.58. The van der Waals surface area contributed by atoms with Crippen LogP contribution in [-0.2, 0) is 4.74 Å². The average molecular weight is 227 g/mol. The van der Waals surface area contributed by atoms with E-state index >= 15 is 0 Å². The van der Waals surface area contributed by atoms with Crippen LogP contribution in [0.4, 0.5) is 0 Å². The monoisotopic (exact) mass is 227 g/mol. The molecule has 94 valence electrons. The summed E-state index contributed by atoms with van der Waals surface area (Å²) in [5.41, 5.74) is 0. The van der Waals surface area contributed by atoms with Gasteiger partial charge in [0.1, 0.15) is 0 Å². The average Bonchev–Trinajstić information content (AvgIpc) is 2.80. The Morgan fingerprint density at radius 1 is 1.25 bits per heavy atom. The molecule has 0 amide bonds. The van der Waals surface area contributed by atoms with Gasteiger partial charge < -0.3 is 15.0 Å². The third kappa shape index (κ3) is 4.01. The first-order chi connectivity index (χ1) is 7.84. The van der Waals surface area contributed by atoms with Crippen LogP contribution in [0, 0.1) is 0 Å². The molecule has 0 aromatic heterocycles. The standard InChI is InChI=1S/C12H25N3O/c1-14-6-8-15(9-7-14)5-4-13-11-12-3-2-10-16-12/h12-13H,2-11H2,1H3. The highest BCUT2D eigenvalue weighted by Crippen LogP contribution is 2.10. The van der Waals surface area contributed by atoms with E-state index in [1.54, 1.807) is 0 Å². The minimum atomic E-state index is 0.479. The number of rotatable bonds is 5. The fourth-order valence-corrected chi connectivity index (χ4v) is 2.38. The van der Waals surface area contributed by atoms with E-state index in [1.165, 1.54) is 45.6 Å². The summed E-state index contributed by atoms with van der Waals surface area (Å²) in [5.74, 6) is 0. The van der Waals surface area contributed by atoms with Gasteiger partial charge in [-0.05, 0) is 19.9 Å². The molecule has 1 unspecified atom stereocenters. The zero-order chi connectivity index (χ0) is 11.2. The van der Waals surface area contributed by atoms with E-state index < -0.39 is 0 Å². The molecule has 0 aromatic carbocycles. The molecule has 2 fully saturated rings. The summed E-state index contributed by atoms with van der Waals surface area (Å²) in [6.07, 6.45) is 2.96. The van der Waals surface area contributed by atoms with E-state index in [1.807, 2.05) is 0 Å². The molecule has 0 aliphatic carbocycles. The number of nitrogens with one attached hydrogen (secondary N) is 1. The van der Waals surface area contributed by atoms with Crippen molar-refractivity contribution in [3.8, 4) is 0 Å². The molecule has 0 spiro atoms. The second kappa shape index (κ2) is 6.55. The number of nitrogens with zero attached hydrogens (tertiary/aromatic N) is 2. The van der Waals surface area contributed by atoms with Crippen molar-refractivity contribution in [2.75, 3.05) is 59.5 Å². The third-order valence-electron chi connectivity index (χ3n) is 3.60. The van der Waals surface area contributed by atoms with Gasteiger partial charge in [0.25, 0.3) is 0 Å². The van der Waals surface area contributed by atoms with Crippen molar-refractivity contribution in [1.29, 1.82) is 0 Å². The summed E-state index contributed by atoms with van der Waals surface area (Å²) in [4.78, 5) is 4.94. The lowest BCUT2D eigenvalue weighted by Gasteiger charge is -2.32. The van der Waals surface area contributed by atoms with Gasteiger partial charge in [-0.3, -0.25) is 4.90 Å². The lowest BCUT2D eigenvalue weighted by Crippen LogP contribution is -2.46. The van der Waals surface area contributed by atoms with Gasteiger partial charge in [0.05, 0.1) is 6.10 Å². The predicted molar refractivity (Wildman–Crippen MR) is 65.8 cm³/mol. The lowest BCUT2D eigenvalue weighted by molar-refractivity contribution is 0.107. The summed E-state index contributed by atoms with van der Waals surface area (Å²) < 4.78 is 5.58. The Morgan fingerprint density at radius 2 is 2.06 bits per heavy atom.